The van der Waals surface area contributed by atoms with Crippen LogP contribution < -0.4 is 9.46 Å². The van der Waals surface area contributed by atoms with E-state index in [0.717, 1.165) is 0 Å². The molecule has 3 N–H and O–H groups in total. The largest absolute Gasteiger partial charge is 0.497 e. The van der Waals surface area contributed by atoms with Crippen molar-refractivity contribution >= 4 is 31.6 Å². The van der Waals surface area contributed by atoms with Gasteiger partial charge in [-0.05, 0) is 18.2 Å². The van der Waals surface area contributed by atoms with Crippen LogP contribution in [0.15, 0.2) is 39.8 Å². The first kappa shape index (κ1) is 14.9. The van der Waals surface area contributed by atoms with Gasteiger partial charge in [-0.25, -0.2) is 8.42 Å². The summed E-state index contributed by atoms with van der Waals surface area (Å²) in [5.74, 6) is 0.530. The molecule has 0 bridgehead atoms. The second-order valence-electron chi connectivity index (χ2n) is 4.00. The average Bonchev–Trinajstić information content (AvgIpc) is 2.87. The Labute approximate surface area is 125 Å². The zero-order chi connectivity index (χ0) is 14.8. The molecule has 0 atom stereocenters. The van der Waals surface area contributed by atoms with Crippen molar-refractivity contribution in [3.63, 3.8) is 0 Å². The van der Waals surface area contributed by atoms with Crippen molar-refractivity contribution in [1.82, 2.24) is 4.98 Å². The fourth-order valence-electron chi connectivity index (χ4n) is 1.62. The number of aliphatic hydroxyl groups is 1. The predicted octanol–water partition coefficient (Wildman–Crippen LogP) is 2.08. The lowest BCUT2D eigenvalue weighted by Gasteiger charge is -2.09. The van der Waals surface area contributed by atoms with Crippen LogP contribution in [-0.2, 0) is 16.6 Å². The minimum Gasteiger partial charge on any atom is -0.497 e. The number of hydrogen-bond acceptors (Lipinski definition) is 4. The summed E-state index contributed by atoms with van der Waals surface area (Å²) in [5.41, 5.74) is 0.806. The monoisotopic (exact) mass is 360 g/mol. The van der Waals surface area contributed by atoms with Crippen molar-refractivity contribution in [3.05, 3.63) is 40.6 Å². The van der Waals surface area contributed by atoms with E-state index in [1.165, 1.54) is 19.4 Å². The number of anilines is 1. The van der Waals surface area contributed by atoms with E-state index in [2.05, 4.69) is 25.6 Å². The molecule has 0 radical (unpaired) electrons. The van der Waals surface area contributed by atoms with Crippen LogP contribution in [-0.4, -0.2) is 25.6 Å². The van der Waals surface area contributed by atoms with Crippen LogP contribution in [0, 0.1) is 0 Å². The zero-order valence-electron chi connectivity index (χ0n) is 10.6. The third-order valence-electron chi connectivity index (χ3n) is 2.56. The van der Waals surface area contributed by atoms with Gasteiger partial charge in [-0.3, -0.25) is 4.72 Å². The molecule has 2 rings (SSSR count). The van der Waals surface area contributed by atoms with Gasteiger partial charge in [0.05, 0.1) is 19.4 Å². The number of ether oxygens (including phenoxy) is 1. The lowest BCUT2D eigenvalue weighted by molar-refractivity contribution is 0.277. The minimum absolute atomic E-state index is 0.0560. The van der Waals surface area contributed by atoms with Crippen LogP contribution in [0.5, 0.6) is 5.75 Å². The molecule has 20 heavy (non-hydrogen) atoms. The molecule has 1 heterocycles. The summed E-state index contributed by atoms with van der Waals surface area (Å²) in [6, 6.07) is 6.29. The van der Waals surface area contributed by atoms with E-state index in [1.54, 1.807) is 18.2 Å². The van der Waals surface area contributed by atoms with Gasteiger partial charge in [0.2, 0.25) is 0 Å². The van der Waals surface area contributed by atoms with Crippen molar-refractivity contribution in [2.24, 2.45) is 0 Å². The molecule has 0 aliphatic rings. The lowest BCUT2D eigenvalue weighted by atomic mass is 10.3. The van der Waals surface area contributed by atoms with Crippen molar-refractivity contribution in [1.29, 1.82) is 0 Å². The fraction of sp³-hybridized carbons (Fsp3) is 0.167. The molecule has 0 unspecified atom stereocenters. The van der Waals surface area contributed by atoms with Gasteiger partial charge in [0.15, 0.2) is 0 Å². The summed E-state index contributed by atoms with van der Waals surface area (Å²) < 4.78 is 32.6. The van der Waals surface area contributed by atoms with E-state index in [1.807, 2.05) is 0 Å². The second-order valence-corrected chi connectivity index (χ2v) is 6.60. The molecule has 1 aromatic carbocycles. The minimum atomic E-state index is -3.71. The standard InChI is InChI=1S/C12H13BrN2O4S/c1-19-11-3-8(13)2-9(4-11)15-20(17,18)12-5-10(7-16)14-6-12/h2-6,14-16H,7H2,1H3. The number of sulfonamides is 1. The van der Waals surface area contributed by atoms with E-state index >= 15 is 0 Å². The molecule has 0 aliphatic carbocycles. The summed E-state index contributed by atoms with van der Waals surface area (Å²) in [6.45, 7) is -0.250. The van der Waals surface area contributed by atoms with Gasteiger partial charge >= 0.3 is 0 Å². The average molecular weight is 361 g/mol. The lowest BCUT2D eigenvalue weighted by Crippen LogP contribution is -2.12. The molecule has 0 saturated heterocycles. The van der Waals surface area contributed by atoms with Gasteiger partial charge in [-0.1, -0.05) is 15.9 Å². The molecule has 8 heteroatoms. The Bertz CT molecular complexity index is 712. The number of benzene rings is 1. The molecule has 108 valence electrons. The molecule has 0 spiro atoms. The maximum atomic E-state index is 12.2. The molecule has 6 nitrogen and oxygen atoms in total. The number of methoxy groups -OCH3 is 1. The van der Waals surface area contributed by atoms with E-state index in [4.69, 9.17) is 9.84 Å². The van der Waals surface area contributed by atoms with E-state index in [0.29, 0.717) is 21.6 Å². The smallest absolute Gasteiger partial charge is 0.263 e. The highest BCUT2D eigenvalue weighted by atomic mass is 79.9. The molecule has 0 saturated carbocycles. The Morgan fingerprint density at radius 2 is 2.10 bits per heavy atom. The highest BCUT2D eigenvalue weighted by Gasteiger charge is 2.16. The second kappa shape index (κ2) is 5.86. The van der Waals surface area contributed by atoms with Gasteiger partial charge < -0.3 is 14.8 Å². The first-order valence-corrected chi connectivity index (χ1v) is 7.88. The van der Waals surface area contributed by atoms with Gasteiger partial charge in [-0.2, -0.15) is 0 Å². The predicted molar refractivity (Wildman–Crippen MR) is 78.2 cm³/mol. The molecule has 2 aromatic rings. The number of aromatic nitrogens is 1. The van der Waals surface area contributed by atoms with Gasteiger partial charge in [0, 0.05) is 22.4 Å². The molecule has 1 aromatic heterocycles. The van der Waals surface area contributed by atoms with Crippen molar-refractivity contribution in [2.75, 3.05) is 11.8 Å². The Balaban J connectivity index is 2.30. The number of aliphatic hydroxyl groups excluding tert-OH is 1. The number of rotatable bonds is 5. The third-order valence-corrected chi connectivity index (χ3v) is 4.37. The Hall–Kier alpha value is -1.51. The summed E-state index contributed by atoms with van der Waals surface area (Å²) in [7, 11) is -2.21. The van der Waals surface area contributed by atoms with Crippen LogP contribution in [0.25, 0.3) is 0 Å². The Kier molecular flexibility index (Phi) is 4.36. The summed E-state index contributed by atoms with van der Waals surface area (Å²) in [5, 5.41) is 8.94. The molecule has 0 amide bonds. The molecular weight excluding hydrogens is 348 g/mol. The number of nitrogens with one attached hydrogen (secondary N) is 2. The van der Waals surface area contributed by atoms with Crippen LogP contribution >= 0.6 is 15.9 Å². The summed E-state index contributed by atoms with van der Waals surface area (Å²) in [4.78, 5) is 2.73. The maximum absolute atomic E-state index is 12.2. The van der Waals surface area contributed by atoms with Crippen molar-refractivity contribution < 1.29 is 18.3 Å². The highest BCUT2D eigenvalue weighted by Crippen LogP contribution is 2.26. The first-order chi connectivity index (χ1) is 9.44. The highest BCUT2D eigenvalue weighted by molar-refractivity contribution is 9.10. The quantitative estimate of drug-likeness (QED) is 0.761. The first-order valence-electron chi connectivity index (χ1n) is 5.60. The van der Waals surface area contributed by atoms with Gasteiger partial charge in [0.25, 0.3) is 10.0 Å². The number of aromatic amines is 1. The number of H-pyrrole nitrogens is 1. The van der Waals surface area contributed by atoms with E-state index in [9.17, 15) is 8.42 Å². The molecule has 0 aliphatic heterocycles. The maximum Gasteiger partial charge on any atom is 0.263 e. The zero-order valence-corrected chi connectivity index (χ0v) is 13.0. The SMILES string of the molecule is COc1cc(Br)cc(NS(=O)(=O)c2c[nH]c(CO)c2)c1. The summed E-state index contributed by atoms with van der Waals surface area (Å²) in [6.07, 6.45) is 1.32. The van der Waals surface area contributed by atoms with Crippen LogP contribution in [0.2, 0.25) is 0 Å². The van der Waals surface area contributed by atoms with Gasteiger partial charge in [-0.15, -0.1) is 0 Å². The fourth-order valence-corrected chi connectivity index (χ4v) is 3.15. The van der Waals surface area contributed by atoms with E-state index < -0.39 is 10.0 Å². The third kappa shape index (κ3) is 3.33. The normalized spacial score (nSPS) is 11.3. The van der Waals surface area contributed by atoms with Crippen LogP contribution in [0.1, 0.15) is 5.69 Å². The Morgan fingerprint density at radius 3 is 2.70 bits per heavy atom. The number of halogens is 1. The molecule has 0 fully saturated rings. The number of hydrogen-bond donors (Lipinski definition) is 3. The topological polar surface area (TPSA) is 91.4 Å². The Morgan fingerprint density at radius 1 is 1.35 bits per heavy atom. The molecular formula is C12H13BrN2O4S. The van der Waals surface area contributed by atoms with Crippen molar-refractivity contribution in [3.8, 4) is 5.75 Å². The van der Waals surface area contributed by atoms with Crippen LogP contribution in [0.4, 0.5) is 5.69 Å². The van der Waals surface area contributed by atoms with Crippen molar-refractivity contribution in [2.45, 2.75) is 11.5 Å². The van der Waals surface area contributed by atoms with Gasteiger partial charge in [0.1, 0.15) is 10.6 Å². The van der Waals surface area contributed by atoms with E-state index in [-0.39, 0.29) is 11.5 Å². The summed E-state index contributed by atoms with van der Waals surface area (Å²) >= 11 is 3.28. The van der Waals surface area contributed by atoms with Crippen LogP contribution in [0.3, 0.4) is 0 Å².